The molecule has 1 unspecified atom stereocenters. The van der Waals surface area contributed by atoms with Gasteiger partial charge in [-0.1, -0.05) is 35.7 Å². The van der Waals surface area contributed by atoms with E-state index in [4.69, 9.17) is 16.6 Å². The number of carbonyl (C=O) groups is 1. The van der Waals surface area contributed by atoms with Gasteiger partial charge in [0.1, 0.15) is 5.15 Å². The molecule has 1 amide bonds. The van der Waals surface area contributed by atoms with Crippen LogP contribution in [0.3, 0.4) is 0 Å². The highest BCUT2D eigenvalue weighted by molar-refractivity contribution is 7.97. The molecule has 1 fully saturated rings. The molecule has 1 aliphatic rings. The second kappa shape index (κ2) is 12.1. The van der Waals surface area contributed by atoms with Gasteiger partial charge in [-0.25, -0.2) is 9.97 Å². The third-order valence-corrected chi connectivity index (χ3v) is 8.22. The van der Waals surface area contributed by atoms with Gasteiger partial charge in [-0.3, -0.25) is 23.9 Å². The second-order valence-corrected chi connectivity index (χ2v) is 11.6. The molecule has 1 aromatic carbocycles. The van der Waals surface area contributed by atoms with Crippen molar-refractivity contribution < 1.29 is 4.79 Å². The molecule has 1 aliphatic heterocycles. The lowest BCUT2D eigenvalue weighted by atomic mass is 9.90. The van der Waals surface area contributed by atoms with Crippen LogP contribution in [0.5, 0.6) is 0 Å². The molecular weight excluding hydrogens is 558 g/mol. The topological polar surface area (TPSA) is 105 Å². The van der Waals surface area contributed by atoms with E-state index in [2.05, 4.69) is 37.0 Å². The highest BCUT2D eigenvalue weighted by atomic mass is 35.5. The number of anilines is 2. The number of nitrogens with one attached hydrogen (secondary N) is 2. The van der Waals surface area contributed by atoms with Crippen LogP contribution in [0.2, 0.25) is 5.15 Å². The van der Waals surface area contributed by atoms with Crippen molar-refractivity contribution in [2.75, 3.05) is 29.6 Å². The Balaban J connectivity index is 1.48. The fraction of sp³-hybridized carbons (Fsp3) is 0.367. The molecule has 41 heavy (non-hydrogen) atoms. The van der Waals surface area contributed by atoms with Gasteiger partial charge in [0.2, 0.25) is 5.95 Å². The molecule has 0 spiro atoms. The van der Waals surface area contributed by atoms with Crippen molar-refractivity contribution >= 4 is 52.0 Å². The Labute approximate surface area is 248 Å². The summed E-state index contributed by atoms with van der Waals surface area (Å²) in [6, 6.07) is 11.3. The van der Waals surface area contributed by atoms with Crippen molar-refractivity contribution in [1.29, 1.82) is 0 Å². The van der Waals surface area contributed by atoms with Gasteiger partial charge < -0.3 is 10.2 Å². The second-order valence-electron chi connectivity index (χ2n) is 10.6. The van der Waals surface area contributed by atoms with Gasteiger partial charge in [0.25, 0.3) is 11.5 Å². The maximum absolute atomic E-state index is 13.6. The maximum Gasteiger partial charge on any atom is 0.281 e. The normalized spacial score (nSPS) is 14.7. The van der Waals surface area contributed by atoms with Crippen molar-refractivity contribution in [3.05, 3.63) is 86.2 Å². The van der Waals surface area contributed by atoms with E-state index in [0.717, 1.165) is 42.8 Å². The molecule has 1 saturated heterocycles. The lowest BCUT2D eigenvalue weighted by Gasteiger charge is -2.33. The fourth-order valence-electron chi connectivity index (χ4n) is 5.46. The highest BCUT2D eigenvalue weighted by Gasteiger charge is 2.25. The molecule has 0 bridgehead atoms. The van der Waals surface area contributed by atoms with Crippen LogP contribution >= 0.6 is 23.5 Å². The average molecular weight is 592 g/mol. The average Bonchev–Trinajstić information content (AvgIpc) is 2.96. The summed E-state index contributed by atoms with van der Waals surface area (Å²) < 4.78 is 4.36. The summed E-state index contributed by atoms with van der Waals surface area (Å²) >= 11 is 7.30. The highest BCUT2D eigenvalue weighted by Crippen LogP contribution is 2.32. The molecule has 0 radical (unpaired) electrons. The minimum Gasteiger partial charge on any atom is -0.377 e. The number of pyridine rings is 2. The van der Waals surface area contributed by atoms with Crippen LogP contribution in [0, 0.1) is 13.8 Å². The summed E-state index contributed by atoms with van der Waals surface area (Å²) in [7, 11) is 1.79. The molecule has 4 heterocycles. The molecule has 0 aliphatic carbocycles. The van der Waals surface area contributed by atoms with E-state index in [1.54, 1.807) is 30.0 Å². The Kier molecular flexibility index (Phi) is 8.51. The monoisotopic (exact) mass is 591 g/mol. The summed E-state index contributed by atoms with van der Waals surface area (Å²) in [5, 5.41) is 4.21. The molecular formula is C30H34ClN7O2S. The first-order valence-electron chi connectivity index (χ1n) is 13.6. The van der Waals surface area contributed by atoms with E-state index in [9.17, 15) is 9.59 Å². The van der Waals surface area contributed by atoms with E-state index >= 15 is 0 Å². The lowest BCUT2D eigenvalue weighted by molar-refractivity contribution is 0.0980. The van der Waals surface area contributed by atoms with Gasteiger partial charge in [0, 0.05) is 43.8 Å². The first-order valence-corrected chi connectivity index (χ1v) is 15.2. The molecule has 11 heteroatoms. The summed E-state index contributed by atoms with van der Waals surface area (Å²) in [6.45, 7) is 7.54. The van der Waals surface area contributed by atoms with Gasteiger partial charge in [-0.05, 0) is 74.9 Å². The van der Waals surface area contributed by atoms with Gasteiger partial charge in [0.15, 0.2) is 5.69 Å². The number of hydrogen-bond acceptors (Lipinski definition) is 8. The molecule has 2 N–H and O–H groups in total. The molecule has 3 aromatic heterocycles. The Morgan fingerprint density at radius 3 is 2.56 bits per heavy atom. The largest absolute Gasteiger partial charge is 0.377 e. The smallest absolute Gasteiger partial charge is 0.281 e. The van der Waals surface area contributed by atoms with Crippen LogP contribution in [-0.4, -0.2) is 44.8 Å². The zero-order valence-electron chi connectivity index (χ0n) is 23.9. The predicted octanol–water partition coefficient (Wildman–Crippen LogP) is 5.56. The lowest BCUT2D eigenvalue weighted by Crippen LogP contribution is -2.37. The van der Waals surface area contributed by atoms with E-state index in [1.807, 2.05) is 39.1 Å². The number of benzene rings is 1. The van der Waals surface area contributed by atoms with Crippen molar-refractivity contribution in [3.8, 4) is 0 Å². The number of piperidine rings is 1. The van der Waals surface area contributed by atoms with Gasteiger partial charge >= 0.3 is 0 Å². The zero-order valence-corrected chi connectivity index (χ0v) is 25.4. The third kappa shape index (κ3) is 6.04. The standard InChI is InChI=1S/C30H34ClN7O2S/c1-17-14-22(19(3)33-24-8-9-25(31)34-27(24)28(39)36-41-5)26-23(15-17)29(40)37(4)30(35-26)38-12-10-20(11-13-38)21-7-6-18(2)32-16-21/h6-9,14-16,19-20,33H,10-13H2,1-5H3,(H,36,39). The van der Waals surface area contributed by atoms with Gasteiger partial charge in [0.05, 0.1) is 22.6 Å². The summed E-state index contributed by atoms with van der Waals surface area (Å²) in [5.41, 5.74) is 5.40. The van der Waals surface area contributed by atoms with E-state index in [1.165, 1.54) is 17.5 Å². The van der Waals surface area contributed by atoms with Crippen LogP contribution in [0.15, 0.2) is 47.4 Å². The summed E-state index contributed by atoms with van der Waals surface area (Å²) in [5.74, 6) is 0.751. The maximum atomic E-state index is 13.6. The number of amides is 1. The van der Waals surface area contributed by atoms with Crippen molar-refractivity contribution in [2.45, 2.75) is 45.6 Å². The van der Waals surface area contributed by atoms with E-state index in [-0.39, 0.29) is 28.4 Å². The number of nitrogens with zero attached hydrogens (tertiary/aromatic N) is 5. The number of aryl methyl sites for hydroxylation is 2. The molecule has 4 aromatic rings. The Bertz CT molecular complexity index is 1650. The van der Waals surface area contributed by atoms with Crippen LogP contribution in [-0.2, 0) is 7.05 Å². The minimum atomic E-state index is -0.345. The number of halogens is 1. The molecule has 214 valence electrons. The third-order valence-electron chi connectivity index (χ3n) is 7.62. The SMILES string of the molecule is CSNC(=O)c1nc(Cl)ccc1NC(C)c1cc(C)cc2c(=O)n(C)c(N3CCC(c4ccc(C)nc4)CC3)nc12. The van der Waals surface area contributed by atoms with Crippen LogP contribution in [0.4, 0.5) is 11.6 Å². The van der Waals surface area contributed by atoms with Crippen LogP contribution in [0.1, 0.15) is 64.6 Å². The van der Waals surface area contributed by atoms with Crippen LogP contribution in [0.25, 0.3) is 10.9 Å². The number of hydrogen-bond donors (Lipinski definition) is 2. The van der Waals surface area contributed by atoms with E-state index < -0.39 is 0 Å². The first kappa shape index (κ1) is 28.9. The number of rotatable bonds is 7. The summed E-state index contributed by atoms with van der Waals surface area (Å²) in [6.07, 6.45) is 5.67. The number of aromatic nitrogens is 4. The molecule has 5 rings (SSSR count). The molecule has 1 atom stereocenters. The Hall–Kier alpha value is -3.63. The van der Waals surface area contributed by atoms with Gasteiger partial charge in [-0.2, -0.15) is 0 Å². The number of carbonyl (C=O) groups excluding carboxylic acids is 1. The first-order chi connectivity index (χ1) is 19.7. The minimum absolute atomic E-state index is 0.0831. The van der Waals surface area contributed by atoms with Crippen molar-refractivity contribution in [1.82, 2.24) is 24.2 Å². The Morgan fingerprint density at radius 2 is 1.88 bits per heavy atom. The Morgan fingerprint density at radius 1 is 1.12 bits per heavy atom. The van der Waals surface area contributed by atoms with E-state index in [0.29, 0.717) is 28.5 Å². The molecule has 0 saturated carbocycles. The van der Waals surface area contributed by atoms with Crippen molar-refractivity contribution in [2.24, 2.45) is 7.05 Å². The number of fused-ring (bicyclic) bond motifs is 1. The predicted molar refractivity (Wildman–Crippen MR) is 167 cm³/mol. The van der Waals surface area contributed by atoms with Crippen LogP contribution < -0.4 is 20.5 Å². The summed E-state index contributed by atoms with van der Waals surface area (Å²) in [4.78, 5) is 42.3. The molecule has 9 nitrogen and oxygen atoms in total. The van der Waals surface area contributed by atoms with Crippen molar-refractivity contribution in [3.63, 3.8) is 0 Å². The van der Waals surface area contributed by atoms with Gasteiger partial charge in [-0.15, -0.1) is 0 Å². The quantitative estimate of drug-likeness (QED) is 0.213. The fourth-order valence-corrected chi connectivity index (χ4v) is 5.89. The zero-order chi connectivity index (χ0) is 29.3.